The number of aromatic nitrogens is 3. The summed E-state index contributed by atoms with van der Waals surface area (Å²) in [6, 6.07) is 6.55. The van der Waals surface area contributed by atoms with Gasteiger partial charge >= 0.3 is 0 Å². The van der Waals surface area contributed by atoms with E-state index in [0.717, 1.165) is 22.8 Å². The summed E-state index contributed by atoms with van der Waals surface area (Å²) in [6.45, 7) is 8.66. The van der Waals surface area contributed by atoms with Crippen LogP contribution in [-0.4, -0.2) is 14.6 Å². The number of aryl methyl sites for hydroxylation is 4. The molecule has 0 radical (unpaired) electrons. The smallest absolute Gasteiger partial charge is 0.212 e. The molecule has 0 aliphatic heterocycles. The predicted octanol–water partition coefficient (Wildman–Crippen LogP) is 5.51. The molecule has 0 aliphatic carbocycles. The number of unbranched alkanes of at least 4 members (excludes halogenated alkanes) is 3. The Morgan fingerprint density at radius 1 is 1.04 bits per heavy atom. The molecule has 0 aliphatic rings. The first kappa shape index (κ1) is 16.2. The van der Waals surface area contributed by atoms with Crippen LogP contribution in [0.3, 0.4) is 0 Å². The van der Waals surface area contributed by atoms with E-state index >= 15 is 0 Å². The van der Waals surface area contributed by atoms with Crippen LogP contribution in [0.5, 0.6) is 0 Å². The van der Waals surface area contributed by atoms with Crippen LogP contribution in [0.15, 0.2) is 18.2 Å². The molecule has 0 unspecified atom stereocenters. The molecule has 0 saturated carbocycles. The first-order chi connectivity index (χ1) is 11.1. The van der Waals surface area contributed by atoms with E-state index in [1.54, 1.807) is 11.3 Å². The van der Waals surface area contributed by atoms with Crippen LogP contribution in [0.25, 0.3) is 16.2 Å². The number of fused-ring (bicyclic) bond motifs is 1. The molecule has 3 rings (SSSR count). The fraction of sp³-hybridized carbons (Fsp3) is 0.474. The van der Waals surface area contributed by atoms with Gasteiger partial charge in [-0.25, -0.2) is 9.50 Å². The molecule has 0 spiro atoms. The number of benzene rings is 1. The highest BCUT2D eigenvalue weighted by Crippen LogP contribution is 2.28. The Balaban J connectivity index is 1.85. The third-order valence-electron chi connectivity index (χ3n) is 4.49. The normalized spacial score (nSPS) is 11.5. The molecule has 1 aromatic carbocycles. The summed E-state index contributed by atoms with van der Waals surface area (Å²) in [6.07, 6.45) is 6.20. The Kier molecular flexibility index (Phi) is 4.81. The SMILES string of the molecule is CCCCCCc1nn2c(C)c(-c3ccc(C)c(C)c3)nc2s1. The summed E-state index contributed by atoms with van der Waals surface area (Å²) >= 11 is 1.73. The highest BCUT2D eigenvalue weighted by atomic mass is 32.1. The van der Waals surface area contributed by atoms with Crippen LogP contribution in [0.2, 0.25) is 0 Å². The average molecular weight is 327 g/mol. The molecule has 0 amide bonds. The van der Waals surface area contributed by atoms with E-state index in [9.17, 15) is 0 Å². The van der Waals surface area contributed by atoms with E-state index < -0.39 is 0 Å². The number of hydrogen-bond donors (Lipinski definition) is 0. The molecule has 0 atom stereocenters. The predicted molar refractivity (Wildman–Crippen MR) is 98.4 cm³/mol. The highest BCUT2D eigenvalue weighted by molar-refractivity contribution is 7.16. The van der Waals surface area contributed by atoms with Gasteiger partial charge in [0.2, 0.25) is 4.96 Å². The molecule has 0 N–H and O–H groups in total. The van der Waals surface area contributed by atoms with Crippen molar-refractivity contribution < 1.29 is 0 Å². The molecule has 0 saturated heterocycles. The second-order valence-electron chi connectivity index (χ2n) is 6.35. The maximum atomic E-state index is 4.84. The van der Waals surface area contributed by atoms with Crippen LogP contribution in [0, 0.1) is 20.8 Å². The van der Waals surface area contributed by atoms with Gasteiger partial charge in [0, 0.05) is 12.0 Å². The monoisotopic (exact) mass is 327 g/mol. The molecule has 2 aromatic heterocycles. The van der Waals surface area contributed by atoms with Crippen molar-refractivity contribution in [1.29, 1.82) is 0 Å². The lowest BCUT2D eigenvalue weighted by Crippen LogP contribution is -1.92. The van der Waals surface area contributed by atoms with Crippen LogP contribution >= 0.6 is 11.3 Å². The molecule has 0 bridgehead atoms. The number of rotatable bonds is 6. The molecule has 23 heavy (non-hydrogen) atoms. The zero-order valence-corrected chi connectivity index (χ0v) is 15.3. The third-order valence-corrected chi connectivity index (χ3v) is 5.46. The molecule has 3 nitrogen and oxygen atoms in total. The molecule has 122 valence electrons. The fourth-order valence-electron chi connectivity index (χ4n) is 2.86. The minimum absolute atomic E-state index is 1.02. The lowest BCUT2D eigenvalue weighted by atomic mass is 10.0. The Bertz CT molecular complexity index is 813. The van der Waals surface area contributed by atoms with Crippen LogP contribution in [0.4, 0.5) is 0 Å². The number of imidazole rings is 1. The molecule has 0 fully saturated rings. The lowest BCUT2D eigenvalue weighted by molar-refractivity contribution is 0.660. The number of hydrogen-bond acceptors (Lipinski definition) is 3. The first-order valence-electron chi connectivity index (χ1n) is 8.52. The summed E-state index contributed by atoms with van der Waals surface area (Å²) < 4.78 is 2.02. The topological polar surface area (TPSA) is 30.2 Å². The summed E-state index contributed by atoms with van der Waals surface area (Å²) in [4.78, 5) is 5.85. The molecular weight excluding hydrogens is 302 g/mol. The Morgan fingerprint density at radius 3 is 2.57 bits per heavy atom. The van der Waals surface area contributed by atoms with Crippen molar-refractivity contribution in [2.24, 2.45) is 0 Å². The lowest BCUT2D eigenvalue weighted by Gasteiger charge is -2.03. The average Bonchev–Trinajstić information content (AvgIpc) is 3.06. The van der Waals surface area contributed by atoms with E-state index in [-0.39, 0.29) is 0 Å². The molecule has 4 heteroatoms. The van der Waals surface area contributed by atoms with E-state index in [2.05, 4.69) is 45.9 Å². The second kappa shape index (κ2) is 6.83. The van der Waals surface area contributed by atoms with Gasteiger partial charge in [-0.2, -0.15) is 5.10 Å². The van der Waals surface area contributed by atoms with Crippen molar-refractivity contribution in [3.63, 3.8) is 0 Å². The van der Waals surface area contributed by atoms with Gasteiger partial charge in [-0.15, -0.1) is 0 Å². The van der Waals surface area contributed by atoms with Crippen molar-refractivity contribution in [3.8, 4) is 11.3 Å². The first-order valence-corrected chi connectivity index (χ1v) is 9.34. The van der Waals surface area contributed by atoms with Gasteiger partial charge in [0.15, 0.2) is 0 Å². The van der Waals surface area contributed by atoms with Crippen molar-refractivity contribution in [3.05, 3.63) is 40.0 Å². The van der Waals surface area contributed by atoms with Crippen LogP contribution in [0.1, 0.15) is 54.4 Å². The van der Waals surface area contributed by atoms with Gasteiger partial charge in [0.05, 0.1) is 11.4 Å². The van der Waals surface area contributed by atoms with Gasteiger partial charge in [0.25, 0.3) is 0 Å². The van der Waals surface area contributed by atoms with E-state index in [4.69, 9.17) is 10.1 Å². The zero-order chi connectivity index (χ0) is 16.4. The largest absolute Gasteiger partial charge is 0.217 e. The highest BCUT2D eigenvalue weighted by Gasteiger charge is 2.15. The summed E-state index contributed by atoms with van der Waals surface area (Å²) in [7, 11) is 0. The van der Waals surface area contributed by atoms with Crippen LogP contribution in [-0.2, 0) is 6.42 Å². The Hall–Kier alpha value is -1.68. The van der Waals surface area contributed by atoms with Crippen molar-refractivity contribution in [2.45, 2.75) is 59.8 Å². The van der Waals surface area contributed by atoms with Gasteiger partial charge in [-0.1, -0.05) is 49.7 Å². The van der Waals surface area contributed by atoms with Crippen molar-refractivity contribution in [1.82, 2.24) is 14.6 Å². The van der Waals surface area contributed by atoms with Crippen molar-refractivity contribution >= 4 is 16.3 Å². The van der Waals surface area contributed by atoms with Crippen LogP contribution < -0.4 is 0 Å². The summed E-state index contributed by atoms with van der Waals surface area (Å²) in [5.41, 5.74) is 6.01. The minimum Gasteiger partial charge on any atom is -0.217 e. The van der Waals surface area contributed by atoms with Crippen molar-refractivity contribution in [2.75, 3.05) is 0 Å². The van der Waals surface area contributed by atoms with Gasteiger partial charge < -0.3 is 0 Å². The fourth-order valence-corrected chi connectivity index (χ4v) is 3.84. The second-order valence-corrected chi connectivity index (χ2v) is 7.39. The Morgan fingerprint density at radius 2 is 1.87 bits per heavy atom. The van der Waals surface area contributed by atoms with Gasteiger partial charge in [-0.3, -0.25) is 0 Å². The van der Waals surface area contributed by atoms with Gasteiger partial charge in [-0.05, 0) is 44.4 Å². The van der Waals surface area contributed by atoms with Gasteiger partial charge in [0.1, 0.15) is 5.01 Å². The van der Waals surface area contributed by atoms with E-state index in [1.165, 1.54) is 47.4 Å². The molecule has 2 heterocycles. The van der Waals surface area contributed by atoms with E-state index in [1.807, 2.05) is 4.52 Å². The maximum absolute atomic E-state index is 4.84. The quantitative estimate of drug-likeness (QED) is 0.559. The van der Waals surface area contributed by atoms with E-state index in [0.29, 0.717) is 0 Å². The molecular formula is C19H25N3S. The zero-order valence-electron chi connectivity index (χ0n) is 14.5. The Labute approximate surface area is 142 Å². The molecule has 3 aromatic rings. The summed E-state index contributed by atoms with van der Waals surface area (Å²) in [5, 5.41) is 5.98. The summed E-state index contributed by atoms with van der Waals surface area (Å²) in [5.74, 6) is 0. The number of nitrogens with zero attached hydrogens (tertiary/aromatic N) is 3. The minimum atomic E-state index is 1.02. The third kappa shape index (κ3) is 3.32. The standard InChI is InChI=1S/C19H25N3S/c1-5-6-7-8-9-17-21-22-15(4)18(20-19(22)23-17)16-11-10-13(2)14(3)12-16/h10-12H,5-9H2,1-4H3. The maximum Gasteiger partial charge on any atom is 0.212 e.